The molecule has 0 spiro atoms. The van der Waals surface area contributed by atoms with Crippen molar-refractivity contribution in [2.45, 2.75) is 32.2 Å². The van der Waals surface area contributed by atoms with Gasteiger partial charge < -0.3 is 5.73 Å². The van der Waals surface area contributed by atoms with E-state index in [1.807, 2.05) is 29.6 Å². The van der Waals surface area contributed by atoms with Gasteiger partial charge in [0.2, 0.25) is 0 Å². The Kier molecular flexibility index (Phi) is 2.58. The number of aryl methyl sites for hydroxylation is 2. The summed E-state index contributed by atoms with van der Waals surface area (Å²) in [7, 11) is 0. The minimum atomic E-state index is 0.203. The first kappa shape index (κ1) is 10.4. The van der Waals surface area contributed by atoms with Gasteiger partial charge in [-0.3, -0.25) is 0 Å². The fraction of sp³-hybridized carbons (Fsp3) is 0.417. The third kappa shape index (κ3) is 1.71. The number of nitrogens with zero attached hydrogens (tertiary/aromatic N) is 1. The van der Waals surface area contributed by atoms with Crippen molar-refractivity contribution < 1.29 is 0 Å². The maximum Gasteiger partial charge on any atom is 0.0950 e. The number of hydrogen-bond donors (Lipinski definition) is 1. The van der Waals surface area contributed by atoms with E-state index in [0.29, 0.717) is 0 Å². The molecule has 1 atom stereocenters. The van der Waals surface area contributed by atoms with Crippen molar-refractivity contribution in [3.8, 4) is 11.3 Å². The Bertz CT molecular complexity index is 511. The second-order valence-corrected chi connectivity index (χ2v) is 6.49. The number of thiophene rings is 1. The smallest absolute Gasteiger partial charge is 0.0950 e. The van der Waals surface area contributed by atoms with Crippen LogP contribution in [0.25, 0.3) is 11.3 Å². The fourth-order valence-corrected chi connectivity index (χ4v) is 4.22. The molecule has 0 aromatic carbocycles. The SMILES string of the molecule is CC(N)Cc1nc2c(s1)CCc1sccc1-2. The van der Waals surface area contributed by atoms with Crippen LogP contribution < -0.4 is 5.73 Å². The maximum atomic E-state index is 5.83. The molecule has 2 nitrogen and oxygen atoms in total. The second-order valence-electron chi connectivity index (χ2n) is 4.32. The molecule has 2 heterocycles. The number of hydrogen-bond acceptors (Lipinski definition) is 4. The molecule has 4 heteroatoms. The zero-order chi connectivity index (χ0) is 11.1. The van der Waals surface area contributed by atoms with Gasteiger partial charge in [-0.1, -0.05) is 0 Å². The summed E-state index contributed by atoms with van der Waals surface area (Å²) in [5.74, 6) is 0. The molecule has 2 N–H and O–H groups in total. The molecule has 0 amide bonds. The second kappa shape index (κ2) is 3.95. The van der Waals surface area contributed by atoms with Gasteiger partial charge in [0.1, 0.15) is 0 Å². The van der Waals surface area contributed by atoms with Crippen LogP contribution in [0.4, 0.5) is 0 Å². The first-order valence-corrected chi connectivity index (χ1v) is 7.24. The minimum absolute atomic E-state index is 0.203. The van der Waals surface area contributed by atoms with E-state index >= 15 is 0 Å². The summed E-state index contributed by atoms with van der Waals surface area (Å²) in [5, 5.41) is 3.36. The summed E-state index contributed by atoms with van der Waals surface area (Å²) in [5.41, 5.74) is 8.41. The molecule has 2 aromatic rings. The molecule has 1 aliphatic rings. The summed E-state index contributed by atoms with van der Waals surface area (Å²) in [6.07, 6.45) is 3.23. The van der Waals surface area contributed by atoms with Gasteiger partial charge in [0.05, 0.1) is 10.7 Å². The zero-order valence-corrected chi connectivity index (χ0v) is 10.8. The quantitative estimate of drug-likeness (QED) is 0.890. The highest BCUT2D eigenvalue weighted by Gasteiger charge is 2.21. The molecule has 3 rings (SSSR count). The van der Waals surface area contributed by atoms with Gasteiger partial charge in [-0.05, 0) is 31.2 Å². The Morgan fingerprint density at radius 1 is 1.44 bits per heavy atom. The molecule has 16 heavy (non-hydrogen) atoms. The largest absolute Gasteiger partial charge is 0.328 e. The molecule has 2 aromatic heterocycles. The van der Waals surface area contributed by atoms with E-state index in [2.05, 4.69) is 11.4 Å². The molecule has 0 saturated heterocycles. The van der Waals surface area contributed by atoms with Crippen molar-refractivity contribution >= 4 is 22.7 Å². The molecule has 84 valence electrons. The number of aromatic nitrogens is 1. The van der Waals surface area contributed by atoms with E-state index < -0.39 is 0 Å². The van der Waals surface area contributed by atoms with Crippen LogP contribution in [0, 0.1) is 0 Å². The standard InChI is InChI=1S/C12H14N2S2/c1-7(13)6-11-14-12-8-4-5-15-9(8)2-3-10(12)16-11/h4-5,7H,2-3,6,13H2,1H3. The lowest BCUT2D eigenvalue weighted by molar-refractivity contribution is 0.734. The number of nitrogens with two attached hydrogens (primary N) is 1. The summed E-state index contributed by atoms with van der Waals surface area (Å²) >= 11 is 3.70. The molecule has 0 bridgehead atoms. The summed E-state index contributed by atoms with van der Waals surface area (Å²) < 4.78 is 0. The highest BCUT2D eigenvalue weighted by atomic mass is 32.1. The lowest BCUT2D eigenvalue weighted by atomic mass is 10.0. The first-order chi connectivity index (χ1) is 7.74. The van der Waals surface area contributed by atoms with Crippen LogP contribution in [0.1, 0.15) is 21.7 Å². The van der Waals surface area contributed by atoms with E-state index in [-0.39, 0.29) is 6.04 Å². The Hall–Kier alpha value is -0.710. The van der Waals surface area contributed by atoms with Crippen LogP contribution in [0.3, 0.4) is 0 Å². The van der Waals surface area contributed by atoms with Gasteiger partial charge in [0.25, 0.3) is 0 Å². The van der Waals surface area contributed by atoms with Crippen LogP contribution >= 0.6 is 22.7 Å². The van der Waals surface area contributed by atoms with Crippen LogP contribution in [0.5, 0.6) is 0 Å². The third-order valence-corrected chi connectivity index (χ3v) is 4.94. The predicted octanol–water partition coefficient (Wildman–Crippen LogP) is 2.86. The van der Waals surface area contributed by atoms with Crippen molar-refractivity contribution in [3.63, 3.8) is 0 Å². The Morgan fingerprint density at radius 3 is 3.06 bits per heavy atom. The Balaban J connectivity index is 2.02. The lowest BCUT2D eigenvalue weighted by Crippen LogP contribution is -2.17. The van der Waals surface area contributed by atoms with Crippen molar-refractivity contribution in [3.05, 3.63) is 26.2 Å². The molecule has 0 radical (unpaired) electrons. The number of rotatable bonds is 2. The van der Waals surface area contributed by atoms with Gasteiger partial charge in [-0.25, -0.2) is 4.98 Å². The van der Waals surface area contributed by atoms with Gasteiger partial charge in [0.15, 0.2) is 0 Å². The minimum Gasteiger partial charge on any atom is -0.328 e. The summed E-state index contributed by atoms with van der Waals surface area (Å²) in [4.78, 5) is 7.69. The molecular weight excluding hydrogens is 236 g/mol. The van der Waals surface area contributed by atoms with Crippen molar-refractivity contribution in [2.24, 2.45) is 5.73 Å². The molecule has 0 aliphatic heterocycles. The molecule has 1 aliphatic carbocycles. The monoisotopic (exact) mass is 250 g/mol. The third-order valence-electron chi connectivity index (χ3n) is 2.82. The van der Waals surface area contributed by atoms with Crippen LogP contribution in [-0.4, -0.2) is 11.0 Å². The highest BCUT2D eigenvalue weighted by molar-refractivity contribution is 7.12. The maximum absolute atomic E-state index is 5.83. The van der Waals surface area contributed by atoms with Gasteiger partial charge in [0, 0.05) is 27.8 Å². The normalized spacial score (nSPS) is 15.6. The predicted molar refractivity (Wildman–Crippen MR) is 70.2 cm³/mol. The van der Waals surface area contributed by atoms with Crippen LogP contribution in [0.2, 0.25) is 0 Å². The first-order valence-electron chi connectivity index (χ1n) is 5.55. The lowest BCUT2D eigenvalue weighted by Gasteiger charge is -2.09. The Morgan fingerprint density at radius 2 is 2.25 bits per heavy atom. The summed E-state index contributed by atoms with van der Waals surface area (Å²) in [6, 6.07) is 2.41. The molecule has 0 saturated carbocycles. The van der Waals surface area contributed by atoms with Crippen molar-refractivity contribution in [1.82, 2.24) is 4.98 Å². The van der Waals surface area contributed by atoms with E-state index in [4.69, 9.17) is 10.7 Å². The topological polar surface area (TPSA) is 38.9 Å². The Labute approximate surface area is 103 Å². The van der Waals surface area contributed by atoms with Crippen molar-refractivity contribution in [1.29, 1.82) is 0 Å². The van der Waals surface area contributed by atoms with Gasteiger partial charge in [-0.2, -0.15) is 0 Å². The van der Waals surface area contributed by atoms with Crippen molar-refractivity contribution in [2.75, 3.05) is 0 Å². The van der Waals surface area contributed by atoms with E-state index in [1.54, 1.807) is 0 Å². The number of fused-ring (bicyclic) bond motifs is 3. The average molecular weight is 250 g/mol. The summed E-state index contributed by atoms with van der Waals surface area (Å²) in [6.45, 7) is 2.04. The van der Waals surface area contributed by atoms with E-state index in [1.165, 1.54) is 32.4 Å². The molecular formula is C12H14N2S2. The average Bonchev–Trinajstić information content (AvgIpc) is 2.78. The van der Waals surface area contributed by atoms with Crippen LogP contribution in [-0.2, 0) is 19.3 Å². The van der Waals surface area contributed by atoms with Gasteiger partial charge >= 0.3 is 0 Å². The van der Waals surface area contributed by atoms with E-state index in [0.717, 1.165) is 12.8 Å². The molecule has 0 fully saturated rings. The van der Waals surface area contributed by atoms with Crippen LogP contribution in [0.15, 0.2) is 11.4 Å². The zero-order valence-electron chi connectivity index (χ0n) is 9.19. The fourth-order valence-electron chi connectivity index (χ4n) is 2.12. The highest BCUT2D eigenvalue weighted by Crippen LogP contribution is 2.38. The number of thiazole rings is 1. The van der Waals surface area contributed by atoms with E-state index in [9.17, 15) is 0 Å². The molecule has 1 unspecified atom stereocenters. The van der Waals surface area contributed by atoms with Gasteiger partial charge in [-0.15, -0.1) is 22.7 Å².